The Bertz CT molecular complexity index is 221. The fraction of sp³-hybridized carbons (Fsp3) is 0.364. The summed E-state index contributed by atoms with van der Waals surface area (Å²) in [6.07, 6.45) is 0.687. The highest BCUT2D eigenvalue weighted by Crippen LogP contribution is 2.10. The molecule has 2 heteroatoms. The molecule has 1 unspecified atom stereocenters. The summed E-state index contributed by atoms with van der Waals surface area (Å²) < 4.78 is 5.45. The van der Waals surface area contributed by atoms with Crippen molar-refractivity contribution in [2.24, 2.45) is 5.92 Å². The molecule has 2 nitrogen and oxygen atoms in total. The SMILES string of the molecule is [CH2]C(CCO)COc1ccccc1. The number of hydrogen-bond acceptors (Lipinski definition) is 2. The van der Waals surface area contributed by atoms with Gasteiger partial charge < -0.3 is 9.84 Å². The van der Waals surface area contributed by atoms with Crippen molar-refractivity contribution in [2.45, 2.75) is 6.42 Å². The van der Waals surface area contributed by atoms with Gasteiger partial charge in [-0.15, -0.1) is 0 Å². The third-order valence-electron chi connectivity index (χ3n) is 1.77. The van der Waals surface area contributed by atoms with Gasteiger partial charge in [0.2, 0.25) is 0 Å². The van der Waals surface area contributed by atoms with Crippen LogP contribution in [-0.2, 0) is 0 Å². The third-order valence-corrected chi connectivity index (χ3v) is 1.77. The van der Waals surface area contributed by atoms with Crippen molar-refractivity contribution in [2.75, 3.05) is 13.2 Å². The van der Waals surface area contributed by atoms with Crippen LogP contribution >= 0.6 is 0 Å². The molecule has 0 bridgehead atoms. The molecule has 1 aromatic carbocycles. The lowest BCUT2D eigenvalue weighted by atomic mass is 10.1. The zero-order valence-electron chi connectivity index (χ0n) is 7.65. The van der Waals surface area contributed by atoms with E-state index >= 15 is 0 Å². The van der Waals surface area contributed by atoms with Crippen molar-refractivity contribution < 1.29 is 9.84 Å². The summed E-state index contributed by atoms with van der Waals surface area (Å²) in [6, 6.07) is 9.62. The summed E-state index contributed by atoms with van der Waals surface area (Å²) in [4.78, 5) is 0. The highest BCUT2D eigenvalue weighted by Gasteiger charge is 2.01. The lowest BCUT2D eigenvalue weighted by Crippen LogP contribution is -2.10. The van der Waals surface area contributed by atoms with Gasteiger partial charge in [0.25, 0.3) is 0 Å². The number of hydrogen-bond donors (Lipinski definition) is 1. The maximum atomic E-state index is 8.64. The van der Waals surface area contributed by atoms with Crippen molar-refractivity contribution in [3.05, 3.63) is 37.3 Å². The largest absolute Gasteiger partial charge is 0.493 e. The quantitative estimate of drug-likeness (QED) is 0.748. The Morgan fingerprint density at radius 2 is 2.00 bits per heavy atom. The van der Waals surface area contributed by atoms with Gasteiger partial charge in [-0.05, 0) is 31.4 Å². The van der Waals surface area contributed by atoms with Crippen molar-refractivity contribution in [3.8, 4) is 5.75 Å². The van der Waals surface area contributed by atoms with E-state index in [9.17, 15) is 0 Å². The molecule has 0 aromatic heterocycles. The van der Waals surface area contributed by atoms with Crippen LogP contribution in [0, 0.1) is 12.8 Å². The number of aliphatic hydroxyl groups is 1. The molecule has 1 atom stereocenters. The molecule has 0 heterocycles. The van der Waals surface area contributed by atoms with Crippen LogP contribution in [0.3, 0.4) is 0 Å². The third kappa shape index (κ3) is 3.95. The molecule has 0 spiro atoms. The first kappa shape index (κ1) is 10.1. The van der Waals surface area contributed by atoms with E-state index in [0.717, 1.165) is 5.75 Å². The molecule has 0 saturated heterocycles. The summed E-state index contributed by atoms with van der Waals surface area (Å²) in [7, 11) is 0. The molecule has 0 aliphatic rings. The first-order valence-corrected chi connectivity index (χ1v) is 4.44. The minimum absolute atomic E-state index is 0.158. The minimum Gasteiger partial charge on any atom is -0.493 e. The molecule has 0 fully saturated rings. The van der Waals surface area contributed by atoms with Gasteiger partial charge >= 0.3 is 0 Å². The van der Waals surface area contributed by atoms with E-state index in [1.165, 1.54) is 0 Å². The fourth-order valence-electron chi connectivity index (χ4n) is 0.997. The molecular formula is C11H15O2. The summed E-state index contributed by atoms with van der Waals surface area (Å²) in [6.45, 7) is 4.59. The maximum absolute atomic E-state index is 8.64. The number of benzene rings is 1. The van der Waals surface area contributed by atoms with Gasteiger partial charge in [-0.25, -0.2) is 0 Å². The Labute approximate surface area is 79.2 Å². The molecule has 0 aliphatic heterocycles. The van der Waals surface area contributed by atoms with Gasteiger partial charge in [0.15, 0.2) is 0 Å². The molecular weight excluding hydrogens is 164 g/mol. The van der Waals surface area contributed by atoms with Gasteiger partial charge in [-0.1, -0.05) is 18.2 Å². The first-order chi connectivity index (χ1) is 6.33. The van der Waals surface area contributed by atoms with E-state index < -0.39 is 0 Å². The van der Waals surface area contributed by atoms with Gasteiger partial charge in [0.1, 0.15) is 5.75 Å². The average Bonchev–Trinajstić information content (AvgIpc) is 2.17. The van der Waals surface area contributed by atoms with Crippen LogP contribution in [0.4, 0.5) is 0 Å². The molecule has 1 N–H and O–H groups in total. The highest BCUT2D eigenvalue weighted by atomic mass is 16.5. The maximum Gasteiger partial charge on any atom is 0.119 e. The Morgan fingerprint density at radius 1 is 1.31 bits per heavy atom. The van der Waals surface area contributed by atoms with Crippen LogP contribution in [0.2, 0.25) is 0 Å². The van der Waals surface area contributed by atoms with Crippen LogP contribution in [0.25, 0.3) is 0 Å². The molecule has 1 radical (unpaired) electrons. The second-order valence-electron chi connectivity index (χ2n) is 3.00. The van der Waals surface area contributed by atoms with Crippen molar-refractivity contribution >= 4 is 0 Å². The van der Waals surface area contributed by atoms with Crippen molar-refractivity contribution in [3.63, 3.8) is 0 Å². The summed E-state index contributed by atoms with van der Waals surface area (Å²) in [5.74, 6) is 1.01. The summed E-state index contributed by atoms with van der Waals surface area (Å²) >= 11 is 0. The topological polar surface area (TPSA) is 29.5 Å². The Morgan fingerprint density at radius 3 is 2.62 bits per heavy atom. The first-order valence-electron chi connectivity index (χ1n) is 4.44. The van der Waals surface area contributed by atoms with E-state index in [-0.39, 0.29) is 12.5 Å². The monoisotopic (exact) mass is 179 g/mol. The van der Waals surface area contributed by atoms with Crippen LogP contribution in [0.5, 0.6) is 5.75 Å². The van der Waals surface area contributed by atoms with Crippen molar-refractivity contribution in [1.82, 2.24) is 0 Å². The zero-order valence-corrected chi connectivity index (χ0v) is 7.65. The Balaban J connectivity index is 2.27. The van der Waals surface area contributed by atoms with Gasteiger partial charge in [0, 0.05) is 6.61 Å². The average molecular weight is 179 g/mol. The highest BCUT2D eigenvalue weighted by molar-refractivity contribution is 5.20. The smallest absolute Gasteiger partial charge is 0.119 e. The van der Waals surface area contributed by atoms with Gasteiger partial charge in [0.05, 0.1) is 6.61 Å². The standard InChI is InChI=1S/C11H15O2/c1-10(7-8-12)9-13-11-5-3-2-4-6-11/h2-6,10,12H,1,7-9H2. The molecule has 13 heavy (non-hydrogen) atoms. The summed E-state index contributed by atoms with van der Waals surface area (Å²) in [5, 5.41) is 8.64. The van der Waals surface area contributed by atoms with Gasteiger partial charge in [-0.3, -0.25) is 0 Å². The molecule has 1 rings (SSSR count). The predicted octanol–water partition coefficient (Wildman–Crippen LogP) is 1.90. The number of aliphatic hydroxyl groups excluding tert-OH is 1. The molecule has 0 amide bonds. The second kappa shape index (κ2) is 5.60. The molecule has 0 aliphatic carbocycles. The normalized spacial score (nSPS) is 12.5. The van der Waals surface area contributed by atoms with Crippen molar-refractivity contribution in [1.29, 1.82) is 0 Å². The van der Waals surface area contributed by atoms with Crippen LogP contribution < -0.4 is 4.74 Å². The number of para-hydroxylation sites is 1. The number of rotatable bonds is 5. The number of ether oxygens (including phenoxy) is 1. The molecule has 0 saturated carbocycles. The Kier molecular flexibility index (Phi) is 4.33. The fourth-order valence-corrected chi connectivity index (χ4v) is 0.997. The van der Waals surface area contributed by atoms with Crippen LogP contribution in [0.1, 0.15) is 6.42 Å². The molecule has 71 valence electrons. The van der Waals surface area contributed by atoms with E-state index in [2.05, 4.69) is 6.92 Å². The second-order valence-corrected chi connectivity index (χ2v) is 3.00. The van der Waals surface area contributed by atoms with Gasteiger partial charge in [-0.2, -0.15) is 0 Å². The van der Waals surface area contributed by atoms with Crippen LogP contribution in [-0.4, -0.2) is 18.3 Å². The van der Waals surface area contributed by atoms with E-state index in [4.69, 9.17) is 9.84 Å². The summed E-state index contributed by atoms with van der Waals surface area (Å²) in [5.41, 5.74) is 0. The van der Waals surface area contributed by atoms with E-state index in [1.54, 1.807) is 0 Å². The zero-order chi connectivity index (χ0) is 9.52. The van der Waals surface area contributed by atoms with Crippen LogP contribution in [0.15, 0.2) is 30.3 Å². The minimum atomic E-state index is 0.158. The van der Waals surface area contributed by atoms with E-state index in [0.29, 0.717) is 13.0 Å². The molecule has 1 aromatic rings. The Hall–Kier alpha value is -1.02. The van der Waals surface area contributed by atoms with E-state index in [1.807, 2.05) is 30.3 Å². The lowest BCUT2D eigenvalue weighted by Gasteiger charge is -2.11. The lowest BCUT2D eigenvalue weighted by molar-refractivity contribution is 0.220. The predicted molar refractivity (Wildman–Crippen MR) is 52.5 cm³/mol.